The van der Waals surface area contributed by atoms with Crippen molar-refractivity contribution in [3.63, 3.8) is 0 Å². The minimum atomic E-state index is -0.381. The fraction of sp³-hybridized carbons (Fsp3) is 0.368. The van der Waals surface area contributed by atoms with Gasteiger partial charge in [-0.05, 0) is 30.9 Å². The molecule has 2 aliphatic rings. The molecular weight excluding hydrogens is 332 g/mol. The normalized spacial score (nSPS) is 17.7. The predicted molar refractivity (Wildman–Crippen MR) is 93.3 cm³/mol. The topological polar surface area (TPSA) is 75.5 Å². The molecular formula is C19H20N4O3. The summed E-state index contributed by atoms with van der Waals surface area (Å²) in [7, 11) is 0. The SMILES string of the molecule is O=C(CN1C(=O)c2ccccc2C1=O)N1CCC(Cn2ccnc2)CC1. The highest BCUT2D eigenvalue weighted by atomic mass is 16.2. The molecule has 3 amide bonds. The van der Waals surface area contributed by atoms with Crippen LogP contribution in [-0.4, -0.2) is 56.7 Å². The first-order valence-electron chi connectivity index (χ1n) is 8.82. The third kappa shape index (κ3) is 3.00. The van der Waals surface area contributed by atoms with E-state index in [1.54, 1.807) is 41.7 Å². The lowest BCUT2D eigenvalue weighted by molar-refractivity contribution is -0.132. The van der Waals surface area contributed by atoms with E-state index < -0.39 is 0 Å². The van der Waals surface area contributed by atoms with E-state index in [9.17, 15) is 14.4 Å². The Morgan fingerprint density at radius 2 is 1.73 bits per heavy atom. The third-order valence-corrected chi connectivity index (χ3v) is 5.17. The summed E-state index contributed by atoms with van der Waals surface area (Å²) in [4.78, 5) is 44.2. The molecule has 0 spiro atoms. The van der Waals surface area contributed by atoms with E-state index in [1.807, 2.05) is 6.20 Å². The molecule has 0 unspecified atom stereocenters. The van der Waals surface area contributed by atoms with Crippen LogP contribution >= 0.6 is 0 Å². The summed E-state index contributed by atoms with van der Waals surface area (Å²) < 4.78 is 2.06. The Labute approximate surface area is 151 Å². The Balaban J connectivity index is 1.34. The Hall–Kier alpha value is -2.96. The number of nitrogens with zero attached hydrogens (tertiary/aromatic N) is 4. The van der Waals surface area contributed by atoms with E-state index in [-0.39, 0.29) is 24.3 Å². The zero-order valence-electron chi connectivity index (χ0n) is 14.4. The van der Waals surface area contributed by atoms with Crippen molar-refractivity contribution in [2.45, 2.75) is 19.4 Å². The number of rotatable bonds is 4. The van der Waals surface area contributed by atoms with Gasteiger partial charge in [-0.1, -0.05) is 12.1 Å². The molecule has 0 bridgehead atoms. The van der Waals surface area contributed by atoms with Gasteiger partial charge in [0.1, 0.15) is 6.54 Å². The first-order valence-corrected chi connectivity index (χ1v) is 8.82. The van der Waals surface area contributed by atoms with Crippen LogP contribution in [-0.2, 0) is 11.3 Å². The lowest BCUT2D eigenvalue weighted by Gasteiger charge is -2.33. The van der Waals surface area contributed by atoms with Gasteiger partial charge in [0.15, 0.2) is 0 Å². The van der Waals surface area contributed by atoms with Crippen LogP contribution < -0.4 is 0 Å². The van der Waals surface area contributed by atoms with Gasteiger partial charge in [0.05, 0.1) is 17.5 Å². The van der Waals surface area contributed by atoms with Crippen LogP contribution in [0.5, 0.6) is 0 Å². The summed E-state index contributed by atoms with van der Waals surface area (Å²) in [6, 6.07) is 6.70. The molecule has 1 fully saturated rings. The van der Waals surface area contributed by atoms with Crippen LogP contribution in [0.15, 0.2) is 43.0 Å². The third-order valence-electron chi connectivity index (χ3n) is 5.17. The summed E-state index contributed by atoms with van der Waals surface area (Å²) in [6.07, 6.45) is 7.33. The summed E-state index contributed by atoms with van der Waals surface area (Å²) in [5, 5.41) is 0. The Kier molecular flexibility index (Phi) is 4.28. The molecule has 4 rings (SSSR count). The van der Waals surface area contributed by atoms with Gasteiger partial charge in [-0.25, -0.2) is 4.98 Å². The van der Waals surface area contributed by atoms with E-state index in [0.29, 0.717) is 30.1 Å². The zero-order valence-corrected chi connectivity index (χ0v) is 14.4. The van der Waals surface area contributed by atoms with E-state index in [4.69, 9.17) is 0 Å². The average molecular weight is 352 g/mol. The van der Waals surface area contributed by atoms with Crippen LogP contribution in [0.2, 0.25) is 0 Å². The van der Waals surface area contributed by atoms with Gasteiger partial charge in [-0.3, -0.25) is 19.3 Å². The molecule has 1 aromatic heterocycles. The number of fused-ring (bicyclic) bond motifs is 1. The highest BCUT2D eigenvalue weighted by Crippen LogP contribution is 2.23. The van der Waals surface area contributed by atoms with E-state index >= 15 is 0 Å². The maximum Gasteiger partial charge on any atom is 0.262 e. The number of hydrogen-bond acceptors (Lipinski definition) is 4. The molecule has 0 saturated carbocycles. The van der Waals surface area contributed by atoms with Crippen molar-refractivity contribution < 1.29 is 14.4 Å². The Morgan fingerprint density at radius 1 is 1.08 bits per heavy atom. The van der Waals surface area contributed by atoms with E-state index in [2.05, 4.69) is 9.55 Å². The van der Waals surface area contributed by atoms with Gasteiger partial charge in [0.2, 0.25) is 5.91 Å². The highest BCUT2D eigenvalue weighted by Gasteiger charge is 2.37. The molecule has 1 saturated heterocycles. The van der Waals surface area contributed by atoms with Crippen molar-refractivity contribution in [3.8, 4) is 0 Å². The predicted octanol–water partition coefficient (Wildman–Crippen LogP) is 1.42. The summed E-state index contributed by atoms with van der Waals surface area (Å²) in [5.41, 5.74) is 0.758. The van der Waals surface area contributed by atoms with Crippen LogP contribution in [0.3, 0.4) is 0 Å². The van der Waals surface area contributed by atoms with Gasteiger partial charge in [-0.15, -0.1) is 0 Å². The number of amides is 3. The van der Waals surface area contributed by atoms with E-state index in [1.165, 1.54) is 0 Å². The number of imidazole rings is 1. The second kappa shape index (κ2) is 6.74. The van der Waals surface area contributed by atoms with Crippen LogP contribution in [0.4, 0.5) is 0 Å². The number of hydrogen-bond donors (Lipinski definition) is 0. The molecule has 0 radical (unpaired) electrons. The lowest BCUT2D eigenvalue weighted by Crippen LogP contribution is -2.46. The number of carbonyl (C=O) groups excluding carboxylic acids is 3. The summed E-state index contributed by atoms with van der Waals surface area (Å²) in [6.45, 7) is 2.03. The minimum absolute atomic E-state index is 0.166. The second-order valence-electron chi connectivity index (χ2n) is 6.83. The van der Waals surface area contributed by atoms with E-state index in [0.717, 1.165) is 24.3 Å². The van der Waals surface area contributed by atoms with Crippen LogP contribution in [0.1, 0.15) is 33.6 Å². The van der Waals surface area contributed by atoms with Crippen molar-refractivity contribution in [3.05, 3.63) is 54.1 Å². The van der Waals surface area contributed by atoms with Gasteiger partial charge in [0, 0.05) is 32.0 Å². The number of benzene rings is 1. The lowest BCUT2D eigenvalue weighted by atomic mass is 9.96. The second-order valence-corrected chi connectivity index (χ2v) is 6.83. The Morgan fingerprint density at radius 3 is 2.31 bits per heavy atom. The minimum Gasteiger partial charge on any atom is -0.341 e. The van der Waals surface area contributed by atoms with Gasteiger partial charge in [0.25, 0.3) is 11.8 Å². The molecule has 26 heavy (non-hydrogen) atoms. The molecule has 2 aliphatic heterocycles. The maximum atomic E-state index is 12.6. The fourth-order valence-electron chi connectivity index (χ4n) is 3.68. The molecule has 134 valence electrons. The molecule has 0 atom stereocenters. The van der Waals surface area contributed by atoms with Crippen molar-refractivity contribution in [2.24, 2.45) is 5.92 Å². The summed E-state index contributed by atoms with van der Waals surface area (Å²) in [5.74, 6) is -0.420. The summed E-state index contributed by atoms with van der Waals surface area (Å²) >= 11 is 0. The fourth-order valence-corrected chi connectivity index (χ4v) is 3.68. The molecule has 0 N–H and O–H groups in total. The molecule has 2 aromatic rings. The quantitative estimate of drug-likeness (QED) is 0.780. The highest BCUT2D eigenvalue weighted by molar-refractivity contribution is 6.22. The molecule has 7 nitrogen and oxygen atoms in total. The largest absolute Gasteiger partial charge is 0.341 e. The molecule has 7 heteroatoms. The van der Waals surface area contributed by atoms with Crippen LogP contribution in [0, 0.1) is 5.92 Å². The van der Waals surface area contributed by atoms with Crippen LogP contribution in [0.25, 0.3) is 0 Å². The Bertz CT molecular complexity index is 803. The average Bonchev–Trinajstić information content (AvgIpc) is 3.25. The zero-order chi connectivity index (χ0) is 18.1. The maximum absolute atomic E-state index is 12.6. The standard InChI is InChI=1S/C19H20N4O3/c24-17(12-23-18(25)15-3-1-2-4-16(15)19(23)26)22-8-5-14(6-9-22)11-21-10-7-20-13-21/h1-4,7,10,13-14H,5-6,8-9,11-12H2. The van der Waals surface area contributed by atoms with Crippen molar-refractivity contribution in [1.29, 1.82) is 0 Å². The number of imide groups is 1. The number of carbonyl (C=O) groups is 3. The number of likely N-dealkylation sites (tertiary alicyclic amines) is 1. The van der Waals surface area contributed by atoms with Gasteiger partial charge < -0.3 is 9.47 Å². The van der Waals surface area contributed by atoms with Crippen molar-refractivity contribution in [1.82, 2.24) is 19.4 Å². The van der Waals surface area contributed by atoms with Crippen molar-refractivity contribution in [2.75, 3.05) is 19.6 Å². The number of piperidine rings is 1. The van der Waals surface area contributed by atoms with Crippen molar-refractivity contribution >= 4 is 17.7 Å². The smallest absolute Gasteiger partial charge is 0.262 e. The number of aromatic nitrogens is 2. The van der Waals surface area contributed by atoms with Gasteiger partial charge >= 0.3 is 0 Å². The monoisotopic (exact) mass is 352 g/mol. The van der Waals surface area contributed by atoms with Gasteiger partial charge in [-0.2, -0.15) is 0 Å². The first kappa shape index (κ1) is 16.5. The first-order chi connectivity index (χ1) is 12.6. The molecule has 0 aliphatic carbocycles. The molecule has 1 aromatic carbocycles. The molecule has 3 heterocycles.